The zero-order chi connectivity index (χ0) is 28.0. The molecule has 0 saturated heterocycles. The van der Waals surface area contributed by atoms with Gasteiger partial charge in [-0.25, -0.2) is 19.7 Å². The molecule has 11 nitrogen and oxygen atoms in total. The number of carbonyl (C=O) groups is 3. The van der Waals surface area contributed by atoms with Gasteiger partial charge < -0.3 is 15.3 Å². The Bertz CT molecular complexity index is 1480. The standard InChI is InChI=1S/C23H19N7O2.C2HF3O2/c31-22(27-12-17-8-4-5-9-24-17)19-18-14-29(13-16-6-2-1-3-7-16)23(32)20-21(26-11-10-25-20)30(18)15-28-19;3-2(4,5)1(6)7/h1-11,15H,12-14H2,(H,27,31);(H,6,7). The third kappa shape index (κ3) is 6.41. The number of fused-ring (bicyclic) bond motifs is 3. The molecule has 0 atom stereocenters. The second kappa shape index (κ2) is 11.5. The molecule has 3 aromatic heterocycles. The van der Waals surface area contributed by atoms with E-state index in [1.807, 2.05) is 48.5 Å². The van der Waals surface area contributed by atoms with Gasteiger partial charge in [0.1, 0.15) is 6.33 Å². The number of nitrogens with zero attached hydrogens (tertiary/aromatic N) is 6. The van der Waals surface area contributed by atoms with Crippen LogP contribution in [0.3, 0.4) is 0 Å². The highest BCUT2D eigenvalue weighted by molar-refractivity contribution is 5.97. The van der Waals surface area contributed by atoms with Crippen molar-refractivity contribution in [3.8, 4) is 5.82 Å². The molecule has 2 amide bonds. The lowest BCUT2D eigenvalue weighted by atomic mass is 10.2. The van der Waals surface area contributed by atoms with Crippen LogP contribution in [0, 0.1) is 0 Å². The van der Waals surface area contributed by atoms with E-state index < -0.39 is 12.1 Å². The molecule has 14 heteroatoms. The van der Waals surface area contributed by atoms with E-state index in [2.05, 4.69) is 25.3 Å². The fourth-order valence-electron chi connectivity index (χ4n) is 3.65. The SMILES string of the molecule is O=C(NCc1ccccn1)c1ncn2c1CN(Cc1ccccc1)C(=O)c1nccnc1-2.O=C(O)C(F)(F)F. The number of halogens is 3. The Hall–Kier alpha value is -5.14. The largest absolute Gasteiger partial charge is 0.490 e. The molecule has 0 aliphatic carbocycles. The van der Waals surface area contributed by atoms with Crippen molar-refractivity contribution < 1.29 is 32.7 Å². The zero-order valence-electron chi connectivity index (χ0n) is 20.0. The highest BCUT2D eigenvalue weighted by Crippen LogP contribution is 2.25. The van der Waals surface area contributed by atoms with Crippen LogP contribution in [0.25, 0.3) is 5.82 Å². The number of aliphatic carboxylic acids is 1. The first-order valence-electron chi connectivity index (χ1n) is 11.3. The first kappa shape index (κ1) is 26.9. The van der Waals surface area contributed by atoms with Crippen molar-refractivity contribution in [2.75, 3.05) is 0 Å². The topological polar surface area (TPSA) is 143 Å². The van der Waals surface area contributed by atoms with Gasteiger partial charge in [0.05, 0.1) is 24.5 Å². The maximum absolute atomic E-state index is 13.3. The molecule has 1 aromatic carbocycles. The van der Waals surface area contributed by atoms with Crippen molar-refractivity contribution in [1.29, 1.82) is 0 Å². The number of hydrogen-bond acceptors (Lipinski definition) is 7. The second-order valence-electron chi connectivity index (χ2n) is 8.09. The first-order valence-corrected chi connectivity index (χ1v) is 11.3. The summed E-state index contributed by atoms with van der Waals surface area (Å²) in [6.45, 7) is 0.836. The Labute approximate surface area is 219 Å². The number of aromatic nitrogens is 5. The van der Waals surface area contributed by atoms with Gasteiger partial charge in [0.25, 0.3) is 11.8 Å². The number of benzene rings is 1. The number of carboxylic acids is 1. The lowest BCUT2D eigenvalue weighted by Crippen LogP contribution is -2.31. The molecule has 0 fully saturated rings. The van der Waals surface area contributed by atoms with E-state index in [1.165, 1.54) is 18.7 Å². The fourth-order valence-corrected chi connectivity index (χ4v) is 3.65. The Morgan fingerprint density at radius 1 is 0.949 bits per heavy atom. The number of amides is 2. The van der Waals surface area contributed by atoms with E-state index in [0.29, 0.717) is 18.1 Å². The lowest BCUT2D eigenvalue weighted by molar-refractivity contribution is -0.192. The van der Waals surface area contributed by atoms with E-state index in [4.69, 9.17) is 9.90 Å². The summed E-state index contributed by atoms with van der Waals surface area (Å²) in [7, 11) is 0. The quantitative estimate of drug-likeness (QED) is 0.394. The summed E-state index contributed by atoms with van der Waals surface area (Å²) in [5.74, 6) is -2.99. The zero-order valence-corrected chi connectivity index (χ0v) is 20.0. The Balaban J connectivity index is 0.000000448. The van der Waals surface area contributed by atoms with Gasteiger partial charge in [-0.3, -0.25) is 19.1 Å². The third-order valence-electron chi connectivity index (χ3n) is 5.43. The van der Waals surface area contributed by atoms with Gasteiger partial charge in [0.15, 0.2) is 17.2 Å². The van der Waals surface area contributed by atoms with Crippen LogP contribution >= 0.6 is 0 Å². The molecule has 0 saturated carbocycles. The van der Waals surface area contributed by atoms with Crippen LogP contribution in [0.4, 0.5) is 13.2 Å². The molecular weight excluding hydrogens is 519 g/mol. The maximum atomic E-state index is 13.3. The molecule has 39 heavy (non-hydrogen) atoms. The van der Waals surface area contributed by atoms with Gasteiger partial charge in [-0.2, -0.15) is 13.2 Å². The van der Waals surface area contributed by atoms with Crippen LogP contribution in [0.15, 0.2) is 73.4 Å². The van der Waals surface area contributed by atoms with Crippen molar-refractivity contribution in [3.05, 3.63) is 102 Å². The summed E-state index contributed by atoms with van der Waals surface area (Å²) >= 11 is 0. The number of rotatable bonds is 5. The molecule has 5 rings (SSSR count). The number of imidazole rings is 1. The highest BCUT2D eigenvalue weighted by Gasteiger charge is 2.38. The van der Waals surface area contributed by atoms with Crippen LogP contribution in [-0.4, -0.2) is 58.5 Å². The Kier molecular flexibility index (Phi) is 7.93. The van der Waals surface area contributed by atoms with Crippen LogP contribution < -0.4 is 5.32 Å². The van der Waals surface area contributed by atoms with Gasteiger partial charge in [0.2, 0.25) is 0 Å². The molecule has 0 unspecified atom stereocenters. The summed E-state index contributed by atoms with van der Waals surface area (Å²) in [5.41, 5.74) is 2.75. The minimum atomic E-state index is -5.08. The molecule has 4 heterocycles. The monoisotopic (exact) mass is 539 g/mol. The van der Waals surface area contributed by atoms with Gasteiger partial charge in [0, 0.05) is 25.1 Å². The molecule has 2 N–H and O–H groups in total. The molecule has 0 spiro atoms. The highest BCUT2D eigenvalue weighted by atomic mass is 19.4. The van der Waals surface area contributed by atoms with Crippen molar-refractivity contribution in [3.63, 3.8) is 0 Å². The maximum Gasteiger partial charge on any atom is 0.490 e. The number of hydrogen-bond donors (Lipinski definition) is 2. The Morgan fingerprint density at radius 2 is 1.64 bits per heavy atom. The molecule has 200 valence electrons. The first-order chi connectivity index (χ1) is 18.6. The van der Waals surface area contributed by atoms with Gasteiger partial charge >= 0.3 is 12.1 Å². The molecule has 0 radical (unpaired) electrons. The average Bonchev–Trinajstić information content (AvgIpc) is 3.31. The smallest absolute Gasteiger partial charge is 0.475 e. The second-order valence-corrected chi connectivity index (χ2v) is 8.09. The summed E-state index contributed by atoms with van der Waals surface area (Å²) in [6.07, 6.45) is 1.11. The molecular formula is C25H20F3N7O4. The predicted octanol–water partition coefficient (Wildman–Crippen LogP) is 2.78. The number of alkyl halides is 3. The van der Waals surface area contributed by atoms with Crippen LogP contribution in [-0.2, 0) is 24.4 Å². The summed E-state index contributed by atoms with van der Waals surface area (Å²) < 4.78 is 33.4. The van der Waals surface area contributed by atoms with Gasteiger partial charge in [-0.1, -0.05) is 36.4 Å². The molecule has 0 bridgehead atoms. The van der Waals surface area contributed by atoms with E-state index in [1.54, 1.807) is 15.7 Å². The number of carbonyl (C=O) groups excluding carboxylic acids is 2. The molecule has 4 aromatic rings. The minimum Gasteiger partial charge on any atom is -0.475 e. The summed E-state index contributed by atoms with van der Waals surface area (Å²) in [6, 6.07) is 15.2. The van der Waals surface area contributed by atoms with Crippen molar-refractivity contribution in [2.45, 2.75) is 25.8 Å². The predicted molar refractivity (Wildman–Crippen MR) is 128 cm³/mol. The minimum absolute atomic E-state index is 0.193. The lowest BCUT2D eigenvalue weighted by Gasteiger charge is -2.20. The van der Waals surface area contributed by atoms with Gasteiger partial charge in [-0.15, -0.1) is 0 Å². The fraction of sp³-hybridized carbons (Fsp3) is 0.160. The van der Waals surface area contributed by atoms with Crippen molar-refractivity contribution >= 4 is 17.8 Å². The Morgan fingerprint density at radius 3 is 2.31 bits per heavy atom. The number of carboxylic acid groups (broad SMARTS) is 1. The average molecular weight is 539 g/mol. The van der Waals surface area contributed by atoms with E-state index in [0.717, 1.165) is 11.3 Å². The van der Waals surface area contributed by atoms with E-state index in [9.17, 15) is 22.8 Å². The van der Waals surface area contributed by atoms with Gasteiger partial charge in [-0.05, 0) is 17.7 Å². The number of nitrogens with one attached hydrogen (secondary N) is 1. The molecule has 1 aliphatic heterocycles. The number of pyridine rings is 1. The van der Waals surface area contributed by atoms with E-state index in [-0.39, 0.29) is 36.3 Å². The van der Waals surface area contributed by atoms with E-state index >= 15 is 0 Å². The van der Waals surface area contributed by atoms with Crippen LogP contribution in [0.1, 0.15) is 37.9 Å². The third-order valence-corrected chi connectivity index (χ3v) is 5.43. The normalized spacial score (nSPS) is 12.4. The summed E-state index contributed by atoms with van der Waals surface area (Å²) in [5, 5.41) is 9.98. The van der Waals surface area contributed by atoms with Crippen LogP contribution in [0.2, 0.25) is 0 Å². The molecule has 1 aliphatic rings. The van der Waals surface area contributed by atoms with Crippen LogP contribution in [0.5, 0.6) is 0 Å². The van der Waals surface area contributed by atoms with Crippen molar-refractivity contribution in [1.82, 2.24) is 34.7 Å². The summed E-state index contributed by atoms with van der Waals surface area (Å²) in [4.78, 5) is 54.0. The van der Waals surface area contributed by atoms with Crippen molar-refractivity contribution in [2.24, 2.45) is 0 Å².